The standard InChI is InChI=1S/C9H14N2O3/c1-4-12-5-2-11(1)3-6-13-9-7-10-14-8-9/h7-8H,1-6H2. The van der Waals surface area contributed by atoms with Crippen molar-refractivity contribution in [3.8, 4) is 5.75 Å². The number of ether oxygens (including phenoxy) is 2. The molecule has 14 heavy (non-hydrogen) atoms. The average Bonchev–Trinajstić information content (AvgIpc) is 2.72. The zero-order valence-electron chi connectivity index (χ0n) is 8.02. The van der Waals surface area contributed by atoms with Gasteiger partial charge in [0.2, 0.25) is 0 Å². The quantitative estimate of drug-likeness (QED) is 0.700. The predicted molar refractivity (Wildman–Crippen MR) is 49.3 cm³/mol. The molecule has 0 radical (unpaired) electrons. The van der Waals surface area contributed by atoms with Crippen LogP contribution in [0, 0.1) is 0 Å². The molecule has 0 atom stereocenters. The van der Waals surface area contributed by atoms with Crippen molar-refractivity contribution >= 4 is 0 Å². The lowest BCUT2D eigenvalue weighted by molar-refractivity contribution is 0.0322. The summed E-state index contributed by atoms with van der Waals surface area (Å²) in [6.45, 7) is 5.23. The second kappa shape index (κ2) is 4.97. The monoisotopic (exact) mass is 198 g/mol. The number of rotatable bonds is 4. The minimum atomic E-state index is 0.668. The van der Waals surface area contributed by atoms with E-state index < -0.39 is 0 Å². The molecule has 0 amide bonds. The van der Waals surface area contributed by atoms with Crippen molar-refractivity contribution in [2.45, 2.75) is 0 Å². The largest absolute Gasteiger partial charge is 0.487 e. The van der Waals surface area contributed by atoms with E-state index in [4.69, 9.17) is 9.47 Å². The number of nitrogens with zero attached hydrogens (tertiary/aromatic N) is 2. The maximum absolute atomic E-state index is 5.41. The minimum Gasteiger partial charge on any atom is -0.487 e. The van der Waals surface area contributed by atoms with Crippen LogP contribution in [0.4, 0.5) is 0 Å². The molecule has 0 N–H and O–H groups in total. The Morgan fingerprint density at radius 2 is 2.29 bits per heavy atom. The van der Waals surface area contributed by atoms with Crippen LogP contribution >= 0.6 is 0 Å². The fourth-order valence-corrected chi connectivity index (χ4v) is 1.38. The third-order valence-electron chi connectivity index (χ3n) is 2.19. The Labute approximate surface area is 82.6 Å². The molecule has 0 saturated carbocycles. The molecule has 1 aliphatic rings. The predicted octanol–water partition coefficient (Wildman–Crippen LogP) is 0.386. The van der Waals surface area contributed by atoms with Crippen molar-refractivity contribution in [1.82, 2.24) is 10.1 Å². The second-order valence-corrected chi connectivity index (χ2v) is 3.16. The summed E-state index contributed by atoms with van der Waals surface area (Å²) in [6, 6.07) is 0. The van der Waals surface area contributed by atoms with Crippen LogP contribution in [0.2, 0.25) is 0 Å². The van der Waals surface area contributed by atoms with Gasteiger partial charge in [-0.3, -0.25) is 4.90 Å². The van der Waals surface area contributed by atoms with E-state index in [1.54, 1.807) is 6.20 Å². The molecule has 0 bridgehead atoms. The first-order valence-corrected chi connectivity index (χ1v) is 4.77. The maximum Gasteiger partial charge on any atom is 0.178 e. The van der Waals surface area contributed by atoms with Gasteiger partial charge in [-0.1, -0.05) is 5.16 Å². The van der Waals surface area contributed by atoms with Crippen molar-refractivity contribution in [3.05, 3.63) is 12.5 Å². The molecule has 0 aliphatic carbocycles. The van der Waals surface area contributed by atoms with E-state index in [-0.39, 0.29) is 0 Å². The molecule has 78 valence electrons. The lowest BCUT2D eigenvalue weighted by Crippen LogP contribution is -2.38. The van der Waals surface area contributed by atoms with Crippen LogP contribution in [0.5, 0.6) is 5.75 Å². The Kier molecular flexibility index (Phi) is 3.37. The summed E-state index contributed by atoms with van der Waals surface area (Å²) in [6.07, 6.45) is 3.07. The van der Waals surface area contributed by atoms with Crippen molar-refractivity contribution in [3.63, 3.8) is 0 Å². The second-order valence-electron chi connectivity index (χ2n) is 3.16. The van der Waals surface area contributed by atoms with Gasteiger partial charge in [0.25, 0.3) is 0 Å². The van der Waals surface area contributed by atoms with Crippen LogP contribution in [-0.2, 0) is 4.74 Å². The van der Waals surface area contributed by atoms with Gasteiger partial charge in [0.1, 0.15) is 12.8 Å². The summed E-state index contributed by atoms with van der Waals surface area (Å²) in [7, 11) is 0. The van der Waals surface area contributed by atoms with E-state index in [0.29, 0.717) is 12.4 Å². The highest BCUT2D eigenvalue weighted by atomic mass is 16.5. The first-order chi connectivity index (χ1) is 6.95. The first-order valence-electron chi connectivity index (χ1n) is 4.77. The molecule has 1 fully saturated rings. The average molecular weight is 198 g/mol. The van der Waals surface area contributed by atoms with Gasteiger partial charge in [0.15, 0.2) is 12.0 Å². The Hall–Kier alpha value is -1.07. The van der Waals surface area contributed by atoms with Gasteiger partial charge in [0.05, 0.1) is 13.2 Å². The van der Waals surface area contributed by atoms with E-state index in [9.17, 15) is 0 Å². The molecule has 1 saturated heterocycles. The summed E-state index contributed by atoms with van der Waals surface area (Å²) in [5.41, 5.74) is 0. The van der Waals surface area contributed by atoms with E-state index in [1.165, 1.54) is 6.26 Å². The number of hydrogen-bond donors (Lipinski definition) is 0. The van der Waals surface area contributed by atoms with Crippen LogP contribution in [0.1, 0.15) is 0 Å². The third-order valence-corrected chi connectivity index (χ3v) is 2.19. The molecule has 5 heteroatoms. The number of aromatic nitrogens is 1. The van der Waals surface area contributed by atoms with Gasteiger partial charge in [-0.2, -0.15) is 0 Å². The summed E-state index contributed by atoms with van der Waals surface area (Å²) in [4.78, 5) is 2.32. The molecule has 1 aromatic heterocycles. The molecule has 2 rings (SSSR count). The normalized spacial score (nSPS) is 18.3. The van der Waals surface area contributed by atoms with Gasteiger partial charge >= 0.3 is 0 Å². The number of morpholine rings is 1. The molecule has 0 unspecified atom stereocenters. The van der Waals surface area contributed by atoms with Gasteiger partial charge < -0.3 is 14.0 Å². The topological polar surface area (TPSA) is 47.7 Å². The minimum absolute atomic E-state index is 0.668. The Morgan fingerprint density at radius 3 is 3.00 bits per heavy atom. The number of hydrogen-bond acceptors (Lipinski definition) is 5. The fourth-order valence-electron chi connectivity index (χ4n) is 1.38. The molecular weight excluding hydrogens is 184 g/mol. The summed E-state index contributed by atoms with van der Waals surface area (Å²) in [5, 5.41) is 3.55. The highest BCUT2D eigenvalue weighted by Gasteiger charge is 2.09. The van der Waals surface area contributed by atoms with Crippen molar-refractivity contribution in [1.29, 1.82) is 0 Å². The summed E-state index contributed by atoms with van der Waals surface area (Å²) >= 11 is 0. The van der Waals surface area contributed by atoms with E-state index in [1.807, 2.05) is 0 Å². The highest BCUT2D eigenvalue weighted by molar-refractivity contribution is 5.07. The van der Waals surface area contributed by atoms with Crippen LogP contribution in [0.3, 0.4) is 0 Å². The van der Waals surface area contributed by atoms with Crippen LogP contribution < -0.4 is 4.74 Å². The van der Waals surface area contributed by atoms with Crippen molar-refractivity contribution < 1.29 is 14.0 Å². The zero-order chi connectivity index (χ0) is 9.64. The maximum atomic E-state index is 5.41. The SMILES string of the molecule is c1nocc1OCCN1CCOCC1. The molecular formula is C9H14N2O3. The Morgan fingerprint density at radius 1 is 1.43 bits per heavy atom. The highest BCUT2D eigenvalue weighted by Crippen LogP contribution is 2.06. The first kappa shape index (κ1) is 9.48. The smallest absolute Gasteiger partial charge is 0.178 e. The Bertz CT molecular complexity index is 245. The van der Waals surface area contributed by atoms with E-state index in [0.717, 1.165) is 32.8 Å². The molecule has 5 nitrogen and oxygen atoms in total. The van der Waals surface area contributed by atoms with Gasteiger partial charge in [-0.05, 0) is 0 Å². The van der Waals surface area contributed by atoms with Crippen LogP contribution in [0.15, 0.2) is 17.0 Å². The van der Waals surface area contributed by atoms with Crippen molar-refractivity contribution in [2.75, 3.05) is 39.5 Å². The molecule has 1 aliphatic heterocycles. The lowest BCUT2D eigenvalue weighted by atomic mass is 10.4. The summed E-state index contributed by atoms with van der Waals surface area (Å²) in [5.74, 6) is 0.693. The van der Waals surface area contributed by atoms with Crippen molar-refractivity contribution in [2.24, 2.45) is 0 Å². The molecule has 1 aromatic rings. The third kappa shape index (κ3) is 2.71. The van der Waals surface area contributed by atoms with Gasteiger partial charge in [0, 0.05) is 19.6 Å². The van der Waals surface area contributed by atoms with Gasteiger partial charge in [-0.15, -0.1) is 0 Å². The lowest BCUT2D eigenvalue weighted by Gasteiger charge is -2.26. The summed E-state index contributed by atoms with van der Waals surface area (Å²) < 4.78 is 15.3. The van der Waals surface area contributed by atoms with Crippen LogP contribution in [-0.4, -0.2) is 49.5 Å². The van der Waals surface area contributed by atoms with Gasteiger partial charge in [-0.25, -0.2) is 0 Å². The molecule has 0 aromatic carbocycles. The van der Waals surface area contributed by atoms with E-state index >= 15 is 0 Å². The zero-order valence-corrected chi connectivity index (χ0v) is 8.02. The Balaban J connectivity index is 1.62. The molecule has 2 heterocycles. The molecule has 0 spiro atoms. The fraction of sp³-hybridized carbons (Fsp3) is 0.667. The van der Waals surface area contributed by atoms with Crippen LogP contribution in [0.25, 0.3) is 0 Å². The van der Waals surface area contributed by atoms with E-state index in [2.05, 4.69) is 14.6 Å².